The van der Waals surface area contributed by atoms with Gasteiger partial charge in [0.15, 0.2) is 5.76 Å². The van der Waals surface area contributed by atoms with Crippen molar-refractivity contribution in [3.05, 3.63) is 35.0 Å². The number of ether oxygens (including phenoxy) is 1. The minimum Gasteiger partial charge on any atom is -0.453 e. The maximum Gasteiger partial charge on any atom is 0.223 e. The Labute approximate surface area is 97.9 Å². The van der Waals surface area contributed by atoms with E-state index in [0.717, 1.165) is 5.39 Å². The molecule has 0 aliphatic heterocycles. The molecule has 0 atom stereocenters. The topological polar surface area (TPSA) is 39.4 Å². The highest BCUT2D eigenvalue weighted by Gasteiger charge is 2.12. The molecule has 0 amide bonds. The van der Waals surface area contributed by atoms with Crippen LogP contribution in [0.25, 0.3) is 11.0 Å². The maximum atomic E-state index is 11.6. The van der Waals surface area contributed by atoms with Gasteiger partial charge in [0.2, 0.25) is 5.78 Å². The van der Waals surface area contributed by atoms with Crippen LogP contribution in [0, 0.1) is 0 Å². The number of carbonyl (C=O) groups is 1. The molecule has 0 radical (unpaired) electrons. The number of hydrogen-bond acceptors (Lipinski definition) is 3. The van der Waals surface area contributed by atoms with Crippen LogP contribution in [0.1, 0.15) is 17.5 Å². The van der Waals surface area contributed by atoms with Gasteiger partial charge in [-0.25, -0.2) is 0 Å². The largest absolute Gasteiger partial charge is 0.453 e. The summed E-state index contributed by atoms with van der Waals surface area (Å²) in [5, 5.41) is 1.45. The predicted octanol–water partition coefficient (Wildman–Crippen LogP) is 3.31. The van der Waals surface area contributed by atoms with E-state index < -0.39 is 0 Å². The van der Waals surface area contributed by atoms with Crippen LogP contribution >= 0.6 is 11.6 Å². The molecule has 4 heteroatoms. The standard InChI is InChI=1S/C12H11ClO3/c1-2-15-7-10(14)12-6-8-5-9(13)3-4-11(8)16-12/h3-6H,2,7H2,1H3. The zero-order valence-corrected chi connectivity index (χ0v) is 9.58. The number of carbonyl (C=O) groups excluding carboxylic acids is 1. The minimum absolute atomic E-state index is 0.0457. The third-order valence-corrected chi connectivity index (χ3v) is 2.43. The smallest absolute Gasteiger partial charge is 0.223 e. The lowest BCUT2D eigenvalue weighted by molar-refractivity contribution is 0.0758. The van der Waals surface area contributed by atoms with Crippen molar-refractivity contribution in [2.45, 2.75) is 6.92 Å². The van der Waals surface area contributed by atoms with E-state index in [4.69, 9.17) is 20.8 Å². The third-order valence-electron chi connectivity index (χ3n) is 2.19. The second kappa shape index (κ2) is 4.68. The molecule has 0 N–H and O–H groups in total. The first-order chi connectivity index (χ1) is 7.70. The summed E-state index contributed by atoms with van der Waals surface area (Å²) in [6.45, 7) is 2.40. The normalized spacial score (nSPS) is 10.9. The highest BCUT2D eigenvalue weighted by molar-refractivity contribution is 6.31. The Bertz CT molecular complexity index is 516. The van der Waals surface area contributed by atoms with Gasteiger partial charge in [0.05, 0.1) is 0 Å². The number of benzene rings is 1. The van der Waals surface area contributed by atoms with Crippen molar-refractivity contribution in [2.75, 3.05) is 13.2 Å². The monoisotopic (exact) mass is 238 g/mol. The lowest BCUT2D eigenvalue weighted by Gasteiger charge is -1.96. The van der Waals surface area contributed by atoms with Crippen LogP contribution in [-0.4, -0.2) is 19.0 Å². The molecule has 16 heavy (non-hydrogen) atoms. The van der Waals surface area contributed by atoms with Crippen LogP contribution in [0.15, 0.2) is 28.7 Å². The zero-order chi connectivity index (χ0) is 11.5. The Balaban J connectivity index is 2.28. The molecular weight excluding hydrogens is 228 g/mol. The fourth-order valence-corrected chi connectivity index (χ4v) is 1.60. The summed E-state index contributed by atoms with van der Waals surface area (Å²) >= 11 is 5.84. The van der Waals surface area contributed by atoms with E-state index in [1.807, 2.05) is 6.92 Å². The van der Waals surface area contributed by atoms with Crippen molar-refractivity contribution >= 4 is 28.4 Å². The van der Waals surface area contributed by atoms with E-state index in [9.17, 15) is 4.79 Å². The van der Waals surface area contributed by atoms with E-state index in [0.29, 0.717) is 23.0 Å². The molecule has 1 aromatic carbocycles. The van der Waals surface area contributed by atoms with Gasteiger partial charge in [-0.05, 0) is 31.2 Å². The van der Waals surface area contributed by atoms with Gasteiger partial charge in [0.25, 0.3) is 0 Å². The molecule has 1 heterocycles. The van der Waals surface area contributed by atoms with Crippen molar-refractivity contribution in [1.82, 2.24) is 0 Å². The van der Waals surface area contributed by atoms with Crippen LogP contribution in [0.3, 0.4) is 0 Å². The minimum atomic E-state index is -0.158. The van der Waals surface area contributed by atoms with E-state index in [2.05, 4.69) is 0 Å². The first-order valence-electron chi connectivity index (χ1n) is 5.00. The average molecular weight is 239 g/mol. The Morgan fingerprint density at radius 1 is 1.44 bits per heavy atom. The van der Waals surface area contributed by atoms with Gasteiger partial charge in [-0.1, -0.05) is 11.6 Å². The van der Waals surface area contributed by atoms with Crippen LogP contribution < -0.4 is 0 Å². The van der Waals surface area contributed by atoms with Gasteiger partial charge in [-0.3, -0.25) is 4.79 Å². The summed E-state index contributed by atoms with van der Waals surface area (Å²) in [5.74, 6) is 0.153. The van der Waals surface area contributed by atoms with Crippen molar-refractivity contribution in [2.24, 2.45) is 0 Å². The summed E-state index contributed by atoms with van der Waals surface area (Å²) < 4.78 is 10.4. The molecule has 0 aliphatic carbocycles. The van der Waals surface area contributed by atoms with Gasteiger partial charge in [-0.2, -0.15) is 0 Å². The van der Waals surface area contributed by atoms with Crippen molar-refractivity contribution < 1.29 is 13.9 Å². The highest BCUT2D eigenvalue weighted by atomic mass is 35.5. The molecule has 0 fully saturated rings. The number of Topliss-reactive ketones (excluding diaryl/α,β-unsaturated/α-hetero) is 1. The molecule has 1 aromatic heterocycles. The SMILES string of the molecule is CCOCC(=O)c1cc2cc(Cl)ccc2o1. The van der Waals surface area contributed by atoms with E-state index >= 15 is 0 Å². The van der Waals surface area contributed by atoms with Crippen molar-refractivity contribution in [3.8, 4) is 0 Å². The summed E-state index contributed by atoms with van der Waals surface area (Å²) in [5.41, 5.74) is 0.657. The molecule has 0 bridgehead atoms. The molecule has 0 unspecified atom stereocenters. The van der Waals surface area contributed by atoms with Gasteiger partial charge >= 0.3 is 0 Å². The maximum absolute atomic E-state index is 11.6. The van der Waals surface area contributed by atoms with E-state index in [-0.39, 0.29) is 12.4 Å². The molecule has 0 saturated heterocycles. The first kappa shape index (κ1) is 11.2. The number of rotatable bonds is 4. The Hall–Kier alpha value is -1.32. The van der Waals surface area contributed by atoms with Crippen LogP contribution in [0.4, 0.5) is 0 Å². The van der Waals surface area contributed by atoms with Gasteiger partial charge in [0.1, 0.15) is 12.2 Å². The van der Waals surface area contributed by atoms with Crippen molar-refractivity contribution in [1.29, 1.82) is 0 Å². The van der Waals surface area contributed by atoms with Gasteiger partial charge in [-0.15, -0.1) is 0 Å². The summed E-state index contributed by atoms with van der Waals surface area (Å²) in [6, 6.07) is 6.92. The fourth-order valence-electron chi connectivity index (χ4n) is 1.42. The Kier molecular flexibility index (Phi) is 3.27. The Morgan fingerprint density at radius 2 is 2.25 bits per heavy atom. The van der Waals surface area contributed by atoms with Crippen LogP contribution in [0.2, 0.25) is 5.02 Å². The van der Waals surface area contributed by atoms with Gasteiger partial charge < -0.3 is 9.15 Å². The lowest BCUT2D eigenvalue weighted by atomic mass is 10.2. The number of ketones is 1. The van der Waals surface area contributed by atoms with E-state index in [1.165, 1.54) is 0 Å². The van der Waals surface area contributed by atoms with Gasteiger partial charge in [0, 0.05) is 17.0 Å². The van der Waals surface area contributed by atoms with Crippen LogP contribution in [-0.2, 0) is 4.74 Å². The number of halogens is 1. The van der Waals surface area contributed by atoms with Crippen LogP contribution in [0.5, 0.6) is 0 Å². The molecule has 0 spiro atoms. The predicted molar refractivity (Wildman–Crippen MR) is 62.0 cm³/mol. The molecular formula is C12H11ClO3. The molecule has 2 rings (SSSR count). The Morgan fingerprint density at radius 3 is 3.00 bits per heavy atom. The van der Waals surface area contributed by atoms with Crippen molar-refractivity contribution in [3.63, 3.8) is 0 Å². The number of hydrogen-bond donors (Lipinski definition) is 0. The zero-order valence-electron chi connectivity index (χ0n) is 8.83. The second-order valence-corrected chi connectivity index (χ2v) is 3.79. The molecule has 0 aliphatic rings. The number of fused-ring (bicyclic) bond motifs is 1. The molecule has 84 valence electrons. The third kappa shape index (κ3) is 2.26. The molecule has 0 saturated carbocycles. The number of furan rings is 1. The summed E-state index contributed by atoms with van der Waals surface area (Å²) in [6.07, 6.45) is 0. The van der Waals surface area contributed by atoms with E-state index in [1.54, 1.807) is 24.3 Å². The molecule has 2 aromatic rings. The highest BCUT2D eigenvalue weighted by Crippen LogP contribution is 2.23. The quantitative estimate of drug-likeness (QED) is 0.768. The molecule has 3 nitrogen and oxygen atoms in total. The average Bonchev–Trinajstić information content (AvgIpc) is 2.68. The fraction of sp³-hybridized carbons (Fsp3) is 0.250. The summed E-state index contributed by atoms with van der Waals surface area (Å²) in [4.78, 5) is 11.6. The second-order valence-electron chi connectivity index (χ2n) is 3.35. The lowest BCUT2D eigenvalue weighted by Crippen LogP contribution is -2.07. The first-order valence-corrected chi connectivity index (χ1v) is 5.38. The summed E-state index contributed by atoms with van der Waals surface area (Å²) in [7, 11) is 0.